The molecule has 4 N–H and O–H groups in total. The molecule has 4 heteroatoms. The topological polar surface area (TPSA) is 70.9 Å². The zero-order chi connectivity index (χ0) is 15.7. The maximum absolute atomic E-state index is 12.3. The molecule has 1 saturated carbocycles. The summed E-state index contributed by atoms with van der Waals surface area (Å²) in [5.74, 6) is 0.622. The summed E-state index contributed by atoms with van der Waals surface area (Å²) in [5.41, 5.74) is 10.5. The van der Waals surface area contributed by atoms with Gasteiger partial charge in [-0.1, -0.05) is 12.5 Å². The Hall–Kier alpha value is -1.81. The minimum absolute atomic E-state index is 0.102. The second-order valence-corrected chi connectivity index (χ2v) is 6.51. The van der Waals surface area contributed by atoms with Crippen LogP contribution >= 0.6 is 0 Å². The summed E-state index contributed by atoms with van der Waals surface area (Å²) in [4.78, 5) is 15.7. The molecule has 3 rings (SSSR count). The highest BCUT2D eigenvalue weighted by Crippen LogP contribution is 2.31. The summed E-state index contributed by atoms with van der Waals surface area (Å²) < 4.78 is 0. The molecule has 0 aliphatic heterocycles. The molecule has 1 amide bonds. The zero-order valence-corrected chi connectivity index (χ0v) is 13.4. The van der Waals surface area contributed by atoms with Gasteiger partial charge in [0.15, 0.2) is 0 Å². The lowest BCUT2D eigenvalue weighted by atomic mass is 9.95. The van der Waals surface area contributed by atoms with Gasteiger partial charge in [0.05, 0.1) is 0 Å². The molecular formula is C18H25N3O. The van der Waals surface area contributed by atoms with Crippen molar-refractivity contribution in [3.8, 4) is 0 Å². The van der Waals surface area contributed by atoms with E-state index in [0.29, 0.717) is 19.0 Å². The molecule has 0 bridgehead atoms. The van der Waals surface area contributed by atoms with Gasteiger partial charge in [-0.05, 0) is 62.4 Å². The van der Waals surface area contributed by atoms with Crippen LogP contribution in [0.5, 0.6) is 0 Å². The van der Waals surface area contributed by atoms with Crippen LogP contribution in [0.25, 0.3) is 10.9 Å². The molecule has 1 aliphatic carbocycles. The number of nitrogens with two attached hydrogens (primary N) is 1. The van der Waals surface area contributed by atoms with Crippen molar-refractivity contribution in [3.05, 3.63) is 35.0 Å². The standard InChI is InChI=1S/C18H25N3O/c1-11-12(2)21-17-7-6-13(8-16(11)17)10-20-18(22)15-5-3-4-14(15)9-19/h6-8,14-15,21H,3-5,9-10,19H2,1-2H3,(H,20,22)/t14-,15-/m1/s1. The average Bonchev–Trinajstić information content (AvgIpc) is 3.10. The van der Waals surface area contributed by atoms with E-state index in [1.54, 1.807) is 0 Å². The highest BCUT2D eigenvalue weighted by molar-refractivity contribution is 5.85. The lowest BCUT2D eigenvalue weighted by molar-refractivity contribution is -0.126. The molecule has 22 heavy (non-hydrogen) atoms. The minimum Gasteiger partial charge on any atom is -0.358 e. The Bertz CT molecular complexity index is 689. The number of amides is 1. The molecule has 2 atom stereocenters. The Morgan fingerprint density at radius 1 is 1.36 bits per heavy atom. The molecule has 4 nitrogen and oxygen atoms in total. The summed E-state index contributed by atoms with van der Waals surface area (Å²) in [6.07, 6.45) is 3.18. The summed E-state index contributed by atoms with van der Waals surface area (Å²) >= 11 is 0. The number of benzene rings is 1. The molecule has 0 saturated heterocycles. The number of hydrogen-bond acceptors (Lipinski definition) is 2. The largest absolute Gasteiger partial charge is 0.358 e. The minimum atomic E-state index is 0.102. The van der Waals surface area contributed by atoms with Gasteiger partial charge in [-0.2, -0.15) is 0 Å². The Balaban J connectivity index is 1.68. The molecule has 0 spiro atoms. The Labute approximate surface area is 131 Å². The first kappa shape index (κ1) is 15.1. The number of fused-ring (bicyclic) bond motifs is 1. The molecule has 1 fully saturated rings. The number of hydrogen-bond donors (Lipinski definition) is 3. The van der Waals surface area contributed by atoms with Gasteiger partial charge < -0.3 is 16.0 Å². The fourth-order valence-corrected chi connectivity index (χ4v) is 3.60. The van der Waals surface area contributed by atoms with E-state index in [0.717, 1.165) is 30.3 Å². The van der Waals surface area contributed by atoms with Crippen molar-refractivity contribution in [1.82, 2.24) is 10.3 Å². The molecule has 0 radical (unpaired) electrons. The molecule has 1 aliphatic rings. The third kappa shape index (κ3) is 2.75. The number of aromatic amines is 1. The second-order valence-electron chi connectivity index (χ2n) is 6.51. The number of rotatable bonds is 4. The number of carbonyl (C=O) groups is 1. The van der Waals surface area contributed by atoms with Gasteiger partial charge in [-0.25, -0.2) is 0 Å². The van der Waals surface area contributed by atoms with Gasteiger partial charge in [-0.3, -0.25) is 4.79 Å². The summed E-state index contributed by atoms with van der Waals surface area (Å²) in [5, 5.41) is 4.33. The Morgan fingerprint density at radius 3 is 2.95 bits per heavy atom. The van der Waals surface area contributed by atoms with E-state index in [1.165, 1.54) is 16.6 Å². The maximum atomic E-state index is 12.3. The molecule has 118 valence electrons. The summed E-state index contributed by atoms with van der Waals surface area (Å²) in [6.45, 7) is 5.42. The molecule has 0 unspecified atom stereocenters. The smallest absolute Gasteiger partial charge is 0.223 e. The van der Waals surface area contributed by atoms with Crippen LogP contribution in [-0.4, -0.2) is 17.4 Å². The third-order valence-corrected chi connectivity index (χ3v) is 5.14. The Morgan fingerprint density at radius 2 is 2.18 bits per heavy atom. The van der Waals surface area contributed by atoms with Crippen LogP contribution in [0.2, 0.25) is 0 Å². The van der Waals surface area contributed by atoms with Crippen LogP contribution < -0.4 is 11.1 Å². The van der Waals surface area contributed by atoms with E-state index in [-0.39, 0.29) is 11.8 Å². The van der Waals surface area contributed by atoms with E-state index in [4.69, 9.17) is 5.73 Å². The first-order chi connectivity index (χ1) is 10.6. The highest BCUT2D eigenvalue weighted by atomic mass is 16.1. The van der Waals surface area contributed by atoms with Crippen molar-refractivity contribution in [2.45, 2.75) is 39.7 Å². The molecule has 2 aromatic rings. The van der Waals surface area contributed by atoms with Crippen LogP contribution in [0.3, 0.4) is 0 Å². The summed E-state index contributed by atoms with van der Waals surface area (Å²) in [7, 11) is 0. The van der Waals surface area contributed by atoms with Crippen molar-refractivity contribution in [3.63, 3.8) is 0 Å². The zero-order valence-electron chi connectivity index (χ0n) is 13.4. The number of carbonyl (C=O) groups excluding carboxylic acids is 1. The van der Waals surface area contributed by atoms with E-state index in [9.17, 15) is 4.79 Å². The number of aromatic nitrogens is 1. The van der Waals surface area contributed by atoms with E-state index in [2.05, 4.69) is 42.3 Å². The van der Waals surface area contributed by atoms with Gasteiger partial charge in [0.1, 0.15) is 0 Å². The van der Waals surface area contributed by atoms with Gasteiger partial charge in [0.2, 0.25) is 5.91 Å². The number of H-pyrrole nitrogens is 1. The summed E-state index contributed by atoms with van der Waals surface area (Å²) in [6, 6.07) is 6.34. The van der Waals surface area contributed by atoms with Crippen molar-refractivity contribution < 1.29 is 4.79 Å². The predicted molar refractivity (Wildman–Crippen MR) is 89.5 cm³/mol. The van der Waals surface area contributed by atoms with Gasteiger partial charge in [0, 0.05) is 29.1 Å². The van der Waals surface area contributed by atoms with E-state index >= 15 is 0 Å². The molecular weight excluding hydrogens is 274 g/mol. The fraction of sp³-hybridized carbons (Fsp3) is 0.500. The van der Waals surface area contributed by atoms with E-state index in [1.807, 2.05) is 0 Å². The van der Waals surface area contributed by atoms with Crippen LogP contribution in [-0.2, 0) is 11.3 Å². The Kier molecular flexibility index (Phi) is 4.21. The first-order valence-corrected chi connectivity index (χ1v) is 8.15. The third-order valence-electron chi connectivity index (χ3n) is 5.14. The SMILES string of the molecule is Cc1[nH]c2ccc(CNC(=O)[C@@H]3CCC[C@@H]3CN)cc2c1C. The molecule has 1 aromatic heterocycles. The normalized spacial score (nSPS) is 21.4. The maximum Gasteiger partial charge on any atom is 0.223 e. The van der Waals surface area contributed by atoms with Crippen LogP contribution in [0.15, 0.2) is 18.2 Å². The van der Waals surface area contributed by atoms with Crippen molar-refractivity contribution in [1.29, 1.82) is 0 Å². The molecule has 1 heterocycles. The lowest BCUT2D eigenvalue weighted by Gasteiger charge is -2.17. The number of aryl methyl sites for hydroxylation is 2. The van der Waals surface area contributed by atoms with Gasteiger partial charge in [-0.15, -0.1) is 0 Å². The van der Waals surface area contributed by atoms with Crippen molar-refractivity contribution in [2.75, 3.05) is 6.54 Å². The van der Waals surface area contributed by atoms with Crippen molar-refractivity contribution >= 4 is 16.8 Å². The highest BCUT2D eigenvalue weighted by Gasteiger charge is 2.31. The van der Waals surface area contributed by atoms with Crippen LogP contribution in [0.4, 0.5) is 0 Å². The van der Waals surface area contributed by atoms with Gasteiger partial charge >= 0.3 is 0 Å². The van der Waals surface area contributed by atoms with Crippen molar-refractivity contribution in [2.24, 2.45) is 17.6 Å². The quantitative estimate of drug-likeness (QED) is 0.812. The average molecular weight is 299 g/mol. The molecule has 1 aromatic carbocycles. The number of nitrogens with one attached hydrogen (secondary N) is 2. The van der Waals surface area contributed by atoms with Crippen LogP contribution in [0, 0.1) is 25.7 Å². The first-order valence-electron chi connectivity index (χ1n) is 8.15. The monoisotopic (exact) mass is 299 g/mol. The van der Waals surface area contributed by atoms with Crippen LogP contribution in [0.1, 0.15) is 36.1 Å². The fourth-order valence-electron chi connectivity index (χ4n) is 3.60. The van der Waals surface area contributed by atoms with Gasteiger partial charge in [0.25, 0.3) is 0 Å². The lowest BCUT2D eigenvalue weighted by Crippen LogP contribution is -2.34. The van der Waals surface area contributed by atoms with E-state index < -0.39 is 0 Å². The predicted octanol–water partition coefficient (Wildman–Crippen LogP) is 2.78. The second kappa shape index (κ2) is 6.13.